The summed E-state index contributed by atoms with van der Waals surface area (Å²) in [5.41, 5.74) is 0.646. The summed E-state index contributed by atoms with van der Waals surface area (Å²) >= 11 is 0. The van der Waals surface area contributed by atoms with E-state index in [9.17, 15) is 22.8 Å². The number of benzene rings is 1. The molecule has 1 amide bonds. The molecule has 1 aromatic heterocycles. The van der Waals surface area contributed by atoms with Crippen molar-refractivity contribution in [2.24, 2.45) is 0 Å². The van der Waals surface area contributed by atoms with Crippen LogP contribution in [0.15, 0.2) is 18.2 Å². The van der Waals surface area contributed by atoms with Gasteiger partial charge in [-0.25, -0.2) is 0 Å². The maximum atomic E-state index is 13.4. The molecule has 0 spiro atoms. The molecular weight excluding hydrogens is 373 g/mol. The van der Waals surface area contributed by atoms with Crippen LogP contribution >= 0.6 is 0 Å². The Bertz CT molecular complexity index is 899. The van der Waals surface area contributed by atoms with Crippen LogP contribution in [0.25, 0.3) is 0 Å². The number of hydrogen-bond donors (Lipinski definition) is 2. The number of aromatic amines is 1. The van der Waals surface area contributed by atoms with Gasteiger partial charge in [0.1, 0.15) is 11.4 Å². The third kappa shape index (κ3) is 4.74. The molecule has 0 saturated heterocycles. The van der Waals surface area contributed by atoms with Crippen LogP contribution in [0, 0.1) is 13.8 Å². The molecule has 2 rings (SSSR count). The van der Waals surface area contributed by atoms with Crippen LogP contribution in [-0.2, 0) is 12.7 Å². The summed E-state index contributed by atoms with van der Waals surface area (Å²) in [6.07, 6.45) is -4.85. The molecule has 2 N–H and O–H groups in total. The molecule has 0 aliphatic carbocycles. The largest absolute Gasteiger partial charge is 0.491 e. The highest BCUT2D eigenvalue weighted by Gasteiger charge is 2.34. The van der Waals surface area contributed by atoms with Gasteiger partial charge in [0, 0.05) is 17.8 Å². The van der Waals surface area contributed by atoms with Crippen LogP contribution in [0.2, 0.25) is 0 Å². The first-order valence-corrected chi connectivity index (χ1v) is 8.76. The summed E-state index contributed by atoms with van der Waals surface area (Å²) in [6.45, 7) is 7.79. The zero-order valence-corrected chi connectivity index (χ0v) is 16.4. The lowest BCUT2D eigenvalue weighted by atomic mass is 10.1. The number of amides is 1. The normalized spacial score (nSPS) is 11.6. The summed E-state index contributed by atoms with van der Waals surface area (Å²) in [5.74, 6) is -0.659. The van der Waals surface area contributed by atoms with Crippen LogP contribution in [-0.4, -0.2) is 22.8 Å². The van der Waals surface area contributed by atoms with Gasteiger partial charge in [0.25, 0.3) is 5.91 Å². The summed E-state index contributed by atoms with van der Waals surface area (Å²) in [7, 11) is 0. The monoisotopic (exact) mass is 396 g/mol. The van der Waals surface area contributed by atoms with Gasteiger partial charge < -0.3 is 15.0 Å². The van der Waals surface area contributed by atoms with Gasteiger partial charge in [-0.3, -0.25) is 9.59 Å². The van der Waals surface area contributed by atoms with E-state index in [1.165, 1.54) is 19.1 Å². The number of nitrogens with one attached hydrogen (secondary N) is 2. The molecule has 8 heteroatoms. The Morgan fingerprint density at radius 2 is 1.86 bits per heavy atom. The second-order valence-electron chi connectivity index (χ2n) is 6.85. The van der Waals surface area contributed by atoms with Crippen LogP contribution in [0.1, 0.15) is 64.0 Å². The predicted molar refractivity (Wildman–Crippen MR) is 98.6 cm³/mol. The van der Waals surface area contributed by atoms with Crippen LogP contribution in [0.4, 0.5) is 13.2 Å². The van der Waals surface area contributed by atoms with E-state index in [0.29, 0.717) is 16.8 Å². The summed E-state index contributed by atoms with van der Waals surface area (Å²) < 4.78 is 45.6. The number of carbonyl (C=O) groups is 2. The van der Waals surface area contributed by atoms with E-state index in [1.54, 1.807) is 27.7 Å². The zero-order valence-electron chi connectivity index (χ0n) is 16.4. The van der Waals surface area contributed by atoms with E-state index in [1.807, 2.05) is 0 Å². The van der Waals surface area contributed by atoms with Gasteiger partial charge in [-0.15, -0.1) is 0 Å². The molecule has 0 unspecified atom stereocenters. The quantitative estimate of drug-likeness (QED) is 0.703. The molecule has 0 radical (unpaired) electrons. The number of halogens is 3. The van der Waals surface area contributed by atoms with E-state index in [0.717, 1.165) is 6.07 Å². The lowest BCUT2D eigenvalue weighted by Crippen LogP contribution is -2.25. The maximum absolute atomic E-state index is 13.4. The first kappa shape index (κ1) is 21.5. The Kier molecular flexibility index (Phi) is 6.21. The van der Waals surface area contributed by atoms with E-state index >= 15 is 0 Å². The van der Waals surface area contributed by atoms with E-state index < -0.39 is 17.6 Å². The number of aryl methyl sites for hydroxylation is 1. The van der Waals surface area contributed by atoms with Crippen molar-refractivity contribution >= 4 is 11.7 Å². The molecule has 0 saturated carbocycles. The standard InChI is InChI=1S/C20H23F3N2O3/c1-10(2)28-15-7-6-14(16(8-15)20(21,22)23)9-24-19(27)18-11(3)17(13(5)26)12(4)25-18/h6-8,10,25H,9H2,1-5H3,(H,24,27). The van der Waals surface area contributed by atoms with Crippen LogP contribution < -0.4 is 10.1 Å². The van der Waals surface area contributed by atoms with E-state index in [4.69, 9.17) is 4.74 Å². The van der Waals surface area contributed by atoms with E-state index in [2.05, 4.69) is 10.3 Å². The van der Waals surface area contributed by atoms with Crippen LogP contribution in [0.3, 0.4) is 0 Å². The fourth-order valence-corrected chi connectivity index (χ4v) is 3.09. The number of rotatable bonds is 6. The summed E-state index contributed by atoms with van der Waals surface area (Å²) in [4.78, 5) is 26.9. The molecule has 2 aromatic rings. The highest BCUT2D eigenvalue weighted by Crippen LogP contribution is 2.34. The third-order valence-electron chi connectivity index (χ3n) is 4.21. The molecule has 0 aliphatic rings. The number of ether oxygens (including phenoxy) is 1. The van der Waals surface area contributed by atoms with Crippen molar-refractivity contribution < 1.29 is 27.5 Å². The molecule has 5 nitrogen and oxygen atoms in total. The Morgan fingerprint density at radius 1 is 1.21 bits per heavy atom. The van der Waals surface area contributed by atoms with Crippen molar-refractivity contribution in [2.75, 3.05) is 0 Å². The number of aromatic nitrogens is 1. The van der Waals surface area contributed by atoms with E-state index in [-0.39, 0.29) is 35.4 Å². The second kappa shape index (κ2) is 8.08. The molecule has 0 bridgehead atoms. The summed E-state index contributed by atoms with van der Waals surface area (Å²) in [5, 5.41) is 2.49. The Morgan fingerprint density at radius 3 is 2.36 bits per heavy atom. The van der Waals surface area contributed by atoms with Crippen molar-refractivity contribution in [2.45, 2.75) is 53.4 Å². The van der Waals surface area contributed by atoms with Gasteiger partial charge in [0.15, 0.2) is 5.78 Å². The number of alkyl halides is 3. The number of Topliss-reactive ketones (excluding diaryl/α,β-unsaturated/α-hetero) is 1. The van der Waals surface area contributed by atoms with Crippen LogP contribution in [0.5, 0.6) is 5.75 Å². The fraction of sp³-hybridized carbons (Fsp3) is 0.400. The van der Waals surface area contributed by atoms with Gasteiger partial charge in [-0.2, -0.15) is 13.2 Å². The first-order chi connectivity index (χ1) is 12.9. The molecule has 1 aromatic carbocycles. The van der Waals surface area contributed by atoms with Crippen molar-refractivity contribution in [1.29, 1.82) is 0 Å². The topological polar surface area (TPSA) is 71.2 Å². The van der Waals surface area contributed by atoms with Crippen molar-refractivity contribution in [3.05, 3.63) is 51.8 Å². The average molecular weight is 396 g/mol. The Balaban J connectivity index is 2.25. The predicted octanol–water partition coefficient (Wildman–Crippen LogP) is 4.57. The Labute approximate surface area is 161 Å². The minimum atomic E-state index is -4.59. The smallest absolute Gasteiger partial charge is 0.416 e. The van der Waals surface area contributed by atoms with Crippen molar-refractivity contribution in [3.63, 3.8) is 0 Å². The van der Waals surface area contributed by atoms with Gasteiger partial charge in [0.2, 0.25) is 0 Å². The molecule has 1 heterocycles. The van der Waals surface area contributed by atoms with Gasteiger partial charge in [-0.1, -0.05) is 6.07 Å². The summed E-state index contributed by atoms with van der Waals surface area (Å²) in [6, 6.07) is 3.66. The van der Waals surface area contributed by atoms with Gasteiger partial charge >= 0.3 is 6.18 Å². The van der Waals surface area contributed by atoms with Crippen molar-refractivity contribution in [3.8, 4) is 5.75 Å². The highest BCUT2D eigenvalue weighted by atomic mass is 19.4. The number of hydrogen-bond acceptors (Lipinski definition) is 3. The molecule has 0 aliphatic heterocycles. The second-order valence-corrected chi connectivity index (χ2v) is 6.85. The SMILES string of the molecule is CC(=O)c1c(C)[nH]c(C(=O)NCc2ccc(OC(C)C)cc2C(F)(F)F)c1C. The zero-order chi connectivity index (χ0) is 21.2. The maximum Gasteiger partial charge on any atom is 0.416 e. The number of carbonyl (C=O) groups excluding carboxylic acids is 2. The Hall–Kier alpha value is -2.77. The molecule has 152 valence electrons. The van der Waals surface area contributed by atoms with Crippen molar-refractivity contribution in [1.82, 2.24) is 10.3 Å². The minimum absolute atomic E-state index is 0.0790. The first-order valence-electron chi connectivity index (χ1n) is 8.76. The number of H-pyrrole nitrogens is 1. The van der Waals surface area contributed by atoms with Gasteiger partial charge in [0.05, 0.1) is 11.7 Å². The lowest BCUT2D eigenvalue weighted by molar-refractivity contribution is -0.138. The minimum Gasteiger partial charge on any atom is -0.491 e. The molecule has 0 fully saturated rings. The highest BCUT2D eigenvalue weighted by molar-refractivity contribution is 6.02. The molecular formula is C20H23F3N2O3. The fourth-order valence-electron chi connectivity index (χ4n) is 3.09. The lowest BCUT2D eigenvalue weighted by Gasteiger charge is -2.17. The average Bonchev–Trinajstić information content (AvgIpc) is 2.86. The molecule has 28 heavy (non-hydrogen) atoms. The van der Waals surface area contributed by atoms with Gasteiger partial charge in [-0.05, 0) is 57.9 Å². The third-order valence-corrected chi connectivity index (χ3v) is 4.21. The number of ketones is 1. The molecule has 0 atom stereocenters.